The molecular formula is C20H33NO3. The molecule has 1 aliphatic rings. The molecule has 0 saturated carbocycles. The highest BCUT2D eigenvalue weighted by Gasteiger charge is 2.18. The minimum atomic E-state index is -0.416. The van der Waals surface area contributed by atoms with E-state index in [1.165, 1.54) is 18.4 Å². The van der Waals surface area contributed by atoms with Crippen molar-refractivity contribution in [2.75, 3.05) is 39.5 Å². The van der Waals surface area contributed by atoms with Crippen LogP contribution in [0.2, 0.25) is 0 Å². The second kappa shape index (κ2) is 10.0. The lowest BCUT2D eigenvalue weighted by Gasteiger charge is -2.32. The summed E-state index contributed by atoms with van der Waals surface area (Å²) in [5.41, 5.74) is 1.31. The second-order valence-electron chi connectivity index (χ2n) is 7.31. The van der Waals surface area contributed by atoms with E-state index in [1.807, 2.05) is 12.1 Å². The van der Waals surface area contributed by atoms with Crippen molar-refractivity contribution in [2.45, 2.75) is 45.6 Å². The zero-order chi connectivity index (χ0) is 17.4. The Morgan fingerprint density at radius 1 is 1.21 bits per heavy atom. The van der Waals surface area contributed by atoms with Crippen LogP contribution in [0, 0.1) is 5.92 Å². The normalized spacial score (nSPS) is 20.3. The second-order valence-corrected chi connectivity index (χ2v) is 7.31. The maximum Gasteiger partial charge on any atom is 0.119 e. The number of ether oxygens (including phenoxy) is 2. The Labute approximate surface area is 146 Å². The Morgan fingerprint density at radius 3 is 2.62 bits per heavy atom. The van der Waals surface area contributed by atoms with E-state index < -0.39 is 6.10 Å². The highest BCUT2D eigenvalue weighted by Crippen LogP contribution is 2.18. The van der Waals surface area contributed by atoms with Crippen LogP contribution in [0.4, 0.5) is 0 Å². The fourth-order valence-corrected chi connectivity index (χ4v) is 3.19. The summed E-state index contributed by atoms with van der Waals surface area (Å²) in [5.74, 6) is 2.14. The molecule has 136 valence electrons. The quantitative estimate of drug-likeness (QED) is 0.703. The Hall–Kier alpha value is -1.10. The van der Waals surface area contributed by atoms with E-state index >= 15 is 0 Å². The van der Waals surface area contributed by atoms with Crippen LogP contribution < -0.4 is 4.74 Å². The maximum absolute atomic E-state index is 10.1. The van der Waals surface area contributed by atoms with Gasteiger partial charge in [0.1, 0.15) is 12.4 Å². The smallest absolute Gasteiger partial charge is 0.119 e. The Morgan fingerprint density at radius 2 is 1.96 bits per heavy atom. The molecule has 0 amide bonds. The highest BCUT2D eigenvalue weighted by atomic mass is 16.5. The van der Waals surface area contributed by atoms with Crippen molar-refractivity contribution in [3.8, 4) is 5.75 Å². The molecule has 0 radical (unpaired) electrons. The first-order valence-electron chi connectivity index (χ1n) is 9.25. The SMILES string of the molecule is CC(C)c1ccc(OCCOC[C@@H](O)CN2CCC[C@H](C)C2)cc1. The van der Waals surface area contributed by atoms with Crippen molar-refractivity contribution >= 4 is 0 Å². The van der Waals surface area contributed by atoms with Gasteiger partial charge in [0.25, 0.3) is 0 Å². The Kier molecular flexibility index (Phi) is 8.03. The van der Waals surface area contributed by atoms with Crippen molar-refractivity contribution in [3.63, 3.8) is 0 Å². The van der Waals surface area contributed by atoms with Crippen LogP contribution in [-0.2, 0) is 4.74 Å². The molecular weight excluding hydrogens is 302 g/mol. The molecule has 24 heavy (non-hydrogen) atoms. The van der Waals surface area contributed by atoms with Crippen LogP contribution in [0.5, 0.6) is 5.75 Å². The van der Waals surface area contributed by atoms with Gasteiger partial charge in [-0.25, -0.2) is 0 Å². The van der Waals surface area contributed by atoms with Gasteiger partial charge in [-0.2, -0.15) is 0 Å². The molecule has 1 aliphatic heterocycles. The van der Waals surface area contributed by atoms with E-state index in [9.17, 15) is 5.11 Å². The number of rotatable bonds is 9. The summed E-state index contributed by atoms with van der Waals surface area (Å²) in [7, 11) is 0. The molecule has 1 heterocycles. The van der Waals surface area contributed by atoms with Gasteiger partial charge in [0.05, 0.1) is 19.3 Å². The van der Waals surface area contributed by atoms with Crippen LogP contribution in [0.1, 0.15) is 45.1 Å². The predicted octanol–water partition coefficient (Wildman–Crippen LogP) is 3.30. The third-order valence-electron chi connectivity index (χ3n) is 4.56. The van der Waals surface area contributed by atoms with Crippen molar-refractivity contribution in [1.82, 2.24) is 4.90 Å². The molecule has 2 rings (SSSR count). The van der Waals surface area contributed by atoms with Gasteiger partial charge in [0.15, 0.2) is 0 Å². The zero-order valence-corrected chi connectivity index (χ0v) is 15.4. The molecule has 0 aromatic heterocycles. The molecule has 0 aliphatic carbocycles. The topological polar surface area (TPSA) is 41.9 Å². The number of piperidine rings is 1. The van der Waals surface area contributed by atoms with Gasteiger partial charge < -0.3 is 19.5 Å². The van der Waals surface area contributed by atoms with Gasteiger partial charge >= 0.3 is 0 Å². The molecule has 1 fully saturated rings. The molecule has 1 aromatic rings. The number of aliphatic hydroxyl groups is 1. The van der Waals surface area contributed by atoms with Gasteiger partial charge in [-0.1, -0.05) is 32.9 Å². The monoisotopic (exact) mass is 335 g/mol. The summed E-state index contributed by atoms with van der Waals surface area (Å²) in [6, 6.07) is 8.21. The lowest BCUT2D eigenvalue weighted by molar-refractivity contribution is 0.00223. The Balaban J connectivity index is 1.55. The molecule has 0 bridgehead atoms. The molecule has 1 N–H and O–H groups in total. The molecule has 1 saturated heterocycles. The summed E-state index contributed by atoms with van der Waals surface area (Å²) in [5, 5.41) is 10.1. The van der Waals surface area contributed by atoms with Crippen molar-refractivity contribution in [3.05, 3.63) is 29.8 Å². The highest BCUT2D eigenvalue weighted by molar-refractivity contribution is 5.28. The molecule has 0 unspecified atom stereocenters. The lowest BCUT2D eigenvalue weighted by Crippen LogP contribution is -2.40. The standard InChI is InChI=1S/C20H33NO3/c1-16(2)18-6-8-20(9-7-18)24-12-11-23-15-19(22)14-21-10-4-5-17(3)13-21/h6-9,16-17,19,22H,4-5,10-15H2,1-3H3/t17-,19-/m0/s1. The molecule has 4 heteroatoms. The average Bonchev–Trinajstić information content (AvgIpc) is 2.55. The van der Waals surface area contributed by atoms with E-state index in [0.29, 0.717) is 32.3 Å². The third-order valence-corrected chi connectivity index (χ3v) is 4.56. The van der Waals surface area contributed by atoms with E-state index in [-0.39, 0.29) is 0 Å². The first-order valence-corrected chi connectivity index (χ1v) is 9.25. The number of benzene rings is 1. The molecule has 1 aromatic carbocycles. The van der Waals surface area contributed by atoms with Crippen LogP contribution in [0.25, 0.3) is 0 Å². The lowest BCUT2D eigenvalue weighted by atomic mass is 10.0. The minimum Gasteiger partial charge on any atom is -0.491 e. The van der Waals surface area contributed by atoms with Crippen molar-refractivity contribution < 1.29 is 14.6 Å². The summed E-state index contributed by atoms with van der Waals surface area (Å²) >= 11 is 0. The number of aliphatic hydroxyl groups excluding tert-OH is 1. The van der Waals surface area contributed by atoms with Crippen LogP contribution >= 0.6 is 0 Å². The van der Waals surface area contributed by atoms with E-state index in [0.717, 1.165) is 24.8 Å². The van der Waals surface area contributed by atoms with Gasteiger partial charge in [0.2, 0.25) is 0 Å². The van der Waals surface area contributed by atoms with E-state index in [4.69, 9.17) is 9.47 Å². The van der Waals surface area contributed by atoms with Crippen molar-refractivity contribution in [2.24, 2.45) is 5.92 Å². The summed E-state index contributed by atoms with van der Waals surface area (Å²) in [6.45, 7) is 10.9. The third kappa shape index (κ3) is 6.80. The number of likely N-dealkylation sites (tertiary alicyclic amines) is 1. The van der Waals surface area contributed by atoms with Crippen LogP contribution in [0.3, 0.4) is 0 Å². The summed E-state index contributed by atoms with van der Waals surface area (Å²) in [4.78, 5) is 2.34. The Bertz CT molecular complexity index is 460. The van der Waals surface area contributed by atoms with Gasteiger partial charge in [-0.15, -0.1) is 0 Å². The minimum absolute atomic E-state index is 0.376. The van der Waals surface area contributed by atoms with Crippen LogP contribution in [0.15, 0.2) is 24.3 Å². The largest absolute Gasteiger partial charge is 0.491 e. The summed E-state index contributed by atoms with van der Waals surface area (Å²) in [6.07, 6.45) is 2.12. The van der Waals surface area contributed by atoms with Gasteiger partial charge in [0, 0.05) is 13.1 Å². The number of hydrogen-bond donors (Lipinski definition) is 1. The van der Waals surface area contributed by atoms with E-state index in [1.54, 1.807) is 0 Å². The molecule has 0 spiro atoms. The molecule has 2 atom stereocenters. The molecule has 4 nitrogen and oxygen atoms in total. The van der Waals surface area contributed by atoms with Gasteiger partial charge in [-0.05, 0) is 48.9 Å². The first-order chi connectivity index (χ1) is 11.5. The summed E-state index contributed by atoms with van der Waals surface area (Å²) < 4.78 is 11.2. The van der Waals surface area contributed by atoms with E-state index in [2.05, 4.69) is 37.8 Å². The number of hydrogen-bond acceptors (Lipinski definition) is 4. The first kappa shape index (κ1) is 19.2. The fraction of sp³-hybridized carbons (Fsp3) is 0.700. The zero-order valence-electron chi connectivity index (χ0n) is 15.4. The fourth-order valence-electron chi connectivity index (χ4n) is 3.19. The maximum atomic E-state index is 10.1. The predicted molar refractivity (Wildman–Crippen MR) is 97.7 cm³/mol. The van der Waals surface area contributed by atoms with Gasteiger partial charge in [-0.3, -0.25) is 0 Å². The average molecular weight is 335 g/mol. The number of β-amino-alcohol motifs (C(OH)–C–C–N with tert-alkyl or cyclic N) is 1. The van der Waals surface area contributed by atoms with Crippen molar-refractivity contribution in [1.29, 1.82) is 0 Å². The number of nitrogens with zero attached hydrogens (tertiary/aromatic N) is 1. The van der Waals surface area contributed by atoms with Crippen LogP contribution in [-0.4, -0.2) is 55.6 Å².